The standard InChI is InChI=1S/C15H22ClNS/c1-14(2,3)11-8-15(9-11,10-17)18-13-6-4-12(16)5-7-13/h4-7,11H,8-10,17H2,1-3H3. The van der Waals surface area contributed by atoms with Gasteiger partial charge >= 0.3 is 0 Å². The highest BCUT2D eigenvalue weighted by atomic mass is 35.5. The molecule has 1 aromatic carbocycles. The van der Waals surface area contributed by atoms with Gasteiger partial charge in [-0.2, -0.15) is 0 Å². The first kappa shape index (κ1) is 14.2. The van der Waals surface area contributed by atoms with Crippen molar-refractivity contribution in [3.63, 3.8) is 0 Å². The van der Waals surface area contributed by atoms with Crippen LogP contribution in [-0.4, -0.2) is 11.3 Å². The second kappa shape index (κ2) is 5.07. The smallest absolute Gasteiger partial charge is 0.0406 e. The molecule has 1 aliphatic carbocycles. The maximum Gasteiger partial charge on any atom is 0.0406 e. The zero-order valence-electron chi connectivity index (χ0n) is 11.4. The van der Waals surface area contributed by atoms with Crippen molar-refractivity contribution >= 4 is 23.4 Å². The van der Waals surface area contributed by atoms with Crippen LogP contribution >= 0.6 is 23.4 Å². The van der Waals surface area contributed by atoms with Gasteiger partial charge in [0, 0.05) is 21.2 Å². The lowest BCUT2D eigenvalue weighted by Crippen LogP contribution is -2.50. The van der Waals surface area contributed by atoms with Gasteiger partial charge in [-0.3, -0.25) is 0 Å². The van der Waals surface area contributed by atoms with Crippen molar-refractivity contribution in [1.29, 1.82) is 0 Å². The van der Waals surface area contributed by atoms with E-state index in [9.17, 15) is 0 Å². The summed E-state index contributed by atoms with van der Waals surface area (Å²) >= 11 is 7.84. The molecule has 0 aromatic heterocycles. The average Bonchev–Trinajstić information content (AvgIpc) is 2.24. The number of hydrogen-bond donors (Lipinski definition) is 1. The van der Waals surface area contributed by atoms with Gasteiger partial charge in [-0.15, -0.1) is 11.8 Å². The fraction of sp³-hybridized carbons (Fsp3) is 0.600. The van der Waals surface area contributed by atoms with Crippen LogP contribution in [0.5, 0.6) is 0 Å². The molecule has 100 valence electrons. The molecule has 0 heterocycles. The summed E-state index contributed by atoms with van der Waals surface area (Å²) in [6, 6.07) is 8.09. The maximum absolute atomic E-state index is 6.01. The van der Waals surface area contributed by atoms with E-state index in [2.05, 4.69) is 32.9 Å². The molecule has 2 N–H and O–H groups in total. The van der Waals surface area contributed by atoms with Crippen LogP contribution < -0.4 is 5.73 Å². The van der Waals surface area contributed by atoms with Crippen LogP contribution in [0.4, 0.5) is 0 Å². The molecule has 0 amide bonds. The average molecular weight is 284 g/mol. The van der Waals surface area contributed by atoms with Gasteiger partial charge in [0.1, 0.15) is 0 Å². The molecule has 1 nitrogen and oxygen atoms in total. The van der Waals surface area contributed by atoms with Gasteiger partial charge in [-0.05, 0) is 48.4 Å². The van der Waals surface area contributed by atoms with E-state index in [0.29, 0.717) is 5.41 Å². The number of hydrogen-bond acceptors (Lipinski definition) is 2. The van der Waals surface area contributed by atoms with Gasteiger partial charge in [0.05, 0.1) is 0 Å². The van der Waals surface area contributed by atoms with Gasteiger partial charge in [0.25, 0.3) is 0 Å². The van der Waals surface area contributed by atoms with E-state index in [1.54, 1.807) is 0 Å². The number of benzene rings is 1. The Morgan fingerprint density at radius 2 is 1.83 bits per heavy atom. The van der Waals surface area contributed by atoms with Crippen molar-refractivity contribution in [2.75, 3.05) is 6.54 Å². The number of halogens is 1. The van der Waals surface area contributed by atoms with Crippen LogP contribution in [0.15, 0.2) is 29.2 Å². The molecule has 1 saturated carbocycles. The molecular formula is C15H22ClNS. The van der Waals surface area contributed by atoms with Crippen LogP contribution in [0, 0.1) is 11.3 Å². The monoisotopic (exact) mass is 283 g/mol. The highest BCUT2D eigenvalue weighted by Gasteiger charge is 2.48. The minimum Gasteiger partial charge on any atom is -0.329 e. The summed E-state index contributed by atoms with van der Waals surface area (Å²) in [4.78, 5) is 1.28. The first-order valence-corrected chi connectivity index (χ1v) is 7.69. The quantitative estimate of drug-likeness (QED) is 0.878. The van der Waals surface area contributed by atoms with E-state index >= 15 is 0 Å². The molecule has 3 heteroatoms. The number of nitrogens with two attached hydrogens (primary N) is 1. The molecule has 0 bridgehead atoms. The third-order valence-corrected chi connectivity index (χ3v) is 5.67. The van der Waals surface area contributed by atoms with Crippen LogP contribution in [-0.2, 0) is 0 Å². The zero-order chi connectivity index (χ0) is 13.4. The Morgan fingerprint density at radius 3 is 2.28 bits per heavy atom. The molecule has 0 spiro atoms. The molecule has 18 heavy (non-hydrogen) atoms. The Kier molecular flexibility index (Phi) is 4.01. The predicted octanol–water partition coefficient (Wildman–Crippen LogP) is 4.59. The van der Waals surface area contributed by atoms with Crippen molar-refractivity contribution < 1.29 is 0 Å². The largest absolute Gasteiger partial charge is 0.329 e. The van der Waals surface area contributed by atoms with Crippen molar-refractivity contribution in [3.8, 4) is 0 Å². The summed E-state index contributed by atoms with van der Waals surface area (Å²) in [5.74, 6) is 0.792. The fourth-order valence-electron chi connectivity index (χ4n) is 2.49. The first-order valence-electron chi connectivity index (χ1n) is 6.49. The number of rotatable bonds is 3. The van der Waals surface area contributed by atoms with Crippen LogP contribution in [0.2, 0.25) is 5.02 Å². The molecule has 0 unspecified atom stereocenters. The van der Waals surface area contributed by atoms with E-state index in [0.717, 1.165) is 17.5 Å². The Balaban J connectivity index is 2.02. The molecule has 0 saturated heterocycles. The van der Waals surface area contributed by atoms with Crippen LogP contribution in [0.1, 0.15) is 33.6 Å². The lowest BCUT2D eigenvalue weighted by molar-refractivity contribution is 0.102. The van der Waals surface area contributed by atoms with Crippen molar-refractivity contribution in [2.24, 2.45) is 17.1 Å². The summed E-state index contributed by atoms with van der Waals surface area (Å²) in [7, 11) is 0. The predicted molar refractivity (Wildman–Crippen MR) is 81.3 cm³/mol. The van der Waals surface area contributed by atoms with E-state index in [-0.39, 0.29) is 4.75 Å². The molecular weight excluding hydrogens is 262 g/mol. The van der Waals surface area contributed by atoms with Crippen LogP contribution in [0.3, 0.4) is 0 Å². The minimum atomic E-state index is 0.242. The Labute approximate surface area is 119 Å². The van der Waals surface area contributed by atoms with Gasteiger partial charge < -0.3 is 5.73 Å². The summed E-state index contributed by atoms with van der Waals surface area (Å²) < 4.78 is 0.242. The summed E-state index contributed by atoms with van der Waals surface area (Å²) in [5.41, 5.74) is 6.41. The Morgan fingerprint density at radius 1 is 1.28 bits per heavy atom. The molecule has 2 rings (SSSR count). The van der Waals surface area contributed by atoms with E-state index in [1.807, 2.05) is 23.9 Å². The molecule has 1 aromatic rings. The second-order valence-electron chi connectivity index (χ2n) is 6.41. The lowest BCUT2D eigenvalue weighted by atomic mass is 9.62. The third-order valence-electron chi connectivity index (χ3n) is 3.98. The third kappa shape index (κ3) is 3.04. The SMILES string of the molecule is CC(C)(C)C1CC(CN)(Sc2ccc(Cl)cc2)C1. The van der Waals surface area contributed by atoms with E-state index in [4.69, 9.17) is 17.3 Å². The van der Waals surface area contributed by atoms with Gasteiger partial charge in [0.15, 0.2) is 0 Å². The van der Waals surface area contributed by atoms with Crippen molar-refractivity contribution in [3.05, 3.63) is 29.3 Å². The summed E-state index contributed by atoms with van der Waals surface area (Å²) in [5, 5.41) is 0.794. The summed E-state index contributed by atoms with van der Waals surface area (Å²) in [6.07, 6.45) is 2.45. The van der Waals surface area contributed by atoms with E-state index < -0.39 is 0 Å². The Hall–Kier alpha value is -0.180. The number of thioether (sulfide) groups is 1. The topological polar surface area (TPSA) is 26.0 Å². The zero-order valence-corrected chi connectivity index (χ0v) is 12.9. The maximum atomic E-state index is 6.01. The van der Waals surface area contributed by atoms with Gasteiger partial charge in [-0.1, -0.05) is 32.4 Å². The minimum absolute atomic E-state index is 0.242. The molecule has 0 radical (unpaired) electrons. The van der Waals surface area contributed by atoms with Gasteiger partial charge in [0.2, 0.25) is 0 Å². The lowest BCUT2D eigenvalue weighted by Gasteiger charge is -2.52. The highest BCUT2D eigenvalue weighted by Crippen LogP contribution is 2.55. The molecule has 1 fully saturated rings. The molecule has 1 aliphatic rings. The molecule has 0 atom stereocenters. The Bertz CT molecular complexity index is 401. The van der Waals surface area contributed by atoms with E-state index in [1.165, 1.54) is 17.7 Å². The first-order chi connectivity index (χ1) is 8.35. The fourth-order valence-corrected chi connectivity index (χ4v) is 4.05. The van der Waals surface area contributed by atoms with Crippen molar-refractivity contribution in [1.82, 2.24) is 0 Å². The normalized spacial score (nSPS) is 27.9. The summed E-state index contributed by atoms with van der Waals surface area (Å²) in [6.45, 7) is 7.73. The second-order valence-corrected chi connectivity index (χ2v) is 8.39. The van der Waals surface area contributed by atoms with Crippen LogP contribution in [0.25, 0.3) is 0 Å². The van der Waals surface area contributed by atoms with Crippen molar-refractivity contribution in [2.45, 2.75) is 43.3 Å². The molecule has 0 aliphatic heterocycles. The highest BCUT2D eigenvalue weighted by molar-refractivity contribution is 8.00. The van der Waals surface area contributed by atoms with Gasteiger partial charge in [-0.25, -0.2) is 0 Å².